The van der Waals surface area contributed by atoms with E-state index in [9.17, 15) is 8.78 Å². The lowest BCUT2D eigenvalue weighted by Gasteiger charge is -2.09. The van der Waals surface area contributed by atoms with Crippen LogP contribution in [0.2, 0.25) is 5.15 Å². The van der Waals surface area contributed by atoms with Crippen molar-refractivity contribution in [3.05, 3.63) is 16.9 Å². The van der Waals surface area contributed by atoms with E-state index in [0.29, 0.717) is 0 Å². The second-order valence-electron chi connectivity index (χ2n) is 2.25. The molecule has 0 fully saturated rings. The Kier molecular flexibility index (Phi) is 2.87. The van der Waals surface area contributed by atoms with Gasteiger partial charge in [-0.05, 0) is 0 Å². The minimum absolute atomic E-state index is 0.0144. The van der Waals surface area contributed by atoms with E-state index in [1.807, 2.05) is 0 Å². The fraction of sp³-hybridized carbons (Fsp3) is 0.286. The zero-order valence-corrected chi connectivity index (χ0v) is 7.48. The third kappa shape index (κ3) is 1.80. The van der Waals surface area contributed by atoms with Gasteiger partial charge in [0, 0.05) is 6.20 Å². The Bertz CT molecular complexity index is 320. The van der Waals surface area contributed by atoms with Crippen LogP contribution < -0.4 is 10.5 Å². The van der Waals surface area contributed by atoms with E-state index in [1.165, 1.54) is 7.11 Å². The van der Waals surface area contributed by atoms with E-state index >= 15 is 0 Å². The van der Waals surface area contributed by atoms with Crippen LogP contribution in [0.5, 0.6) is 5.75 Å². The first-order chi connectivity index (χ1) is 6.07. The zero-order valence-electron chi connectivity index (χ0n) is 6.72. The molecule has 0 spiro atoms. The normalized spacial score (nSPS) is 10.5. The summed E-state index contributed by atoms with van der Waals surface area (Å²) >= 11 is 5.55. The Labute approximate surface area is 78.5 Å². The molecule has 2 N–H and O–H groups in total. The van der Waals surface area contributed by atoms with Crippen LogP contribution in [0.25, 0.3) is 0 Å². The first-order valence-electron chi connectivity index (χ1n) is 3.34. The minimum Gasteiger partial charge on any atom is -0.491 e. The van der Waals surface area contributed by atoms with Gasteiger partial charge in [-0.1, -0.05) is 11.6 Å². The van der Waals surface area contributed by atoms with Gasteiger partial charge in [0.1, 0.15) is 0 Å². The highest BCUT2D eigenvalue weighted by Crippen LogP contribution is 2.35. The van der Waals surface area contributed by atoms with Crippen molar-refractivity contribution in [3.8, 4) is 5.75 Å². The van der Waals surface area contributed by atoms with E-state index in [-0.39, 0.29) is 22.2 Å². The molecule has 0 atom stereocenters. The van der Waals surface area contributed by atoms with Crippen molar-refractivity contribution in [2.75, 3.05) is 12.8 Å². The second kappa shape index (κ2) is 3.74. The van der Waals surface area contributed by atoms with Crippen LogP contribution in [-0.4, -0.2) is 12.1 Å². The van der Waals surface area contributed by atoms with Crippen LogP contribution in [-0.2, 0) is 0 Å². The van der Waals surface area contributed by atoms with Crippen molar-refractivity contribution in [3.63, 3.8) is 0 Å². The van der Waals surface area contributed by atoms with Crippen molar-refractivity contribution < 1.29 is 13.5 Å². The average Bonchev–Trinajstić information content (AvgIpc) is 2.04. The molecule has 1 aromatic rings. The van der Waals surface area contributed by atoms with Crippen molar-refractivity contribution in [1.82, 2.24) is 4.98 Å². The Balaban J connectivity index is 3.27. The smallest absolute Gasteiger partial charge is 0.267 e. The molecule has 0 radical (unpaired) electrons. The molecule has 0 amide bonds. The zero-order chi connectivity index (χ0) is 10.0. The summed E-state index contributed by atoms with van der Waals surface area (Å²) in [4.78, 5) is 3.51. The topological polar surface area (TPSA) is 48.1 Å². The quantitative estimate of drug-likeness (QED) is 0.759. The summed E-state index contributed by atoms with van der Waals surface area (Å²) in [5, 5.41) is -0.0237. The molecule has 0 aliphatic carbocycles. The predicted molar refractivity (Wildman–Crippen MR) is 45.2 cm³/mol. The average molecular weight is 209 g/mol. The lowest BCUT2D eigenvalue weighted by atomic mass is 10.2. The van der Waals surface area contributed by atoms with Crippen LogP contribution in [0.15, 0.2) is 6.20 Å². The molecular formula is C7H7ClF2N2O. The summed E-state index contributed by atoms with van der Waals surface area (Å²) < 4.78 is 29.2. The Morgan fingerprint density at radius 2 is 2.23 bits per heavy atom. The molecule has 0 saturated carbocycles. The highest BCUT2D eigenvalue weighted by atomic mass is 35.5. The van der Waals surface area contributed by atoms with Crippen LogP contribution in [0, 0.1) is 0 Å². The van der Waals surface area contributed by atoms with Gasteiger partial charge in [0.15, 0.2) is 10.9 Å². The largest absolute Gasteiger partial charge is 0.491 e. The molecule has 6 heteroatoms. The standard InChI is InChI=1S/C7H7ClF2N2O/c1-13-5-4(11)3(7(9)10)2-12-6(5)8/h2,7H,1H3,(H2,11,12). The van der Waals surface area contributed by atoms with Crippen LogP contribution in [0.3, 0.4) is 0 Å². The van der Waals surface area contributed by atoms with Crippen LogP contribution in [0.1, 0.15) is 12.0 Å². The number of nitrogen functional groups attached to an aromatic ring is 1. The number of aromatic nitrogens is 1. The monoisotopic (exact) mass is 208 g/mol. The number of nitrogens with two attached hydrogens (primary N) is 1. The fourth-order valence-corrected chi connectivity index (χ4v) is 1.09. The fourth-order valence-electron chi connectivity index (χ4n) is 0.865. The van der Waals surface area contributed by atoms with Gasteiger partial charge in [0.2, 0.25) is 0 Å². The summed E-state index contributed by atoms with van der Waals surface area (Å²) in [7, 11) is 1.29. The van der Waals surface area contributed by atoms with E-state index in [2.05, 4.69) is 4.98 Å². The molecule has 0 bridgehead atoms. The Morgan fingerprint density at radius 1 is 1.62 bits per heavy atom. The van der Waals surface area contributed by atoms with Gasteiger partial charge in [0.05, 0.1) is 18.4 Å². The van der Waals surface area contributed by atoms with E-state index < -0.39 is 6.43 Å². The number of ether oxygens (including phenoxy) is 1. The maximum absolute atomic E-state index is 12.3. The summed E-state index contributed by atoms with van der Waals surface area (Å²) in [5.41, 5.74) is 4.82. The molecule has 1 aromatic heterocycles. The van der Waals surface area contributed by atoms with Gasteiger partial charge < -0.3 is 10.5 Å². The number of methoxy groups -OCH3 is 1. The van der Waals surface area contributed by atoms with Crippen molar-refractivity contribution >= 4 is 17.3 Å². The van der Waals surface area contributed by atoms with Crippen LogP contribution >= 0.6 is 11.6 Å². The first-order valence-corrected chi connectivity index (χ1v) is 3.71. The summed E-state index contributed by atoms with van der Waals surface area (Å²) in [6.45, 7) is 0. The molecule has 0 aliphatic heterocycles. The maximum Gasteiger partial charge on any atom is 0.267 e. The first kappa shape index (κ1) is 9.98. The van der Waals surface area contributed by atoms with E-state index in [0.717, 1.165) is 6.20 Å². The molecule has 1 heterocycles. The minimum atomic E-state index is -2.68. The lowest BCUT2D eigenvalue weighted by Crippen LogP contribution is -2.00. The second-order valence-corrected chi connectivity index (χ2v) is 2.61. The highest BCUT2D eigenvalue weighted by Gasteiger charge is 2.17. The molecule has 72 valence electrons. The van der Waals surface area contributed by atoms with Crippen molar-refractivity contribution in [2.45, 2.75) is 6.43 Å². The third-order valence-electron chi connectivity index (χ3n) is 1.50. The summed E-state index contributed by atoms with van der Waals surface area (Å²) in [6.07, 6.45) is -1.75. The van der Waals surface area contributed by atoms with Gasteiger partial charge in [-0.3, -0.25) is 0 Å². The maximum atomic E-state index is 12.3. The van der Waals surface area contributed by atoms with E-state index in [1.54, 1.807) is 0 Å². The molecule has 0 saturated heterocycles. The number of anilines is 1. The van der Waals surface area contributed by atoms with Gasteiger partial charge in [-0.15, -0.1) is 0 Å². The van der Waals surface area contributed by atoms with Crippen LogP contribution in [0.4, 0.5) is 14.5 Å². The lowest BCUT2D eigenvalue weighted by molar-refractivity contribution is 0.151. The van der Waals surface area contributed by atoms with Gasteiger partial charge in [-0.25, -0.2) is 13.8 Å². The SMILES string of the molecule is COc1c(Cl)ncc(C(F)F)c1N. The van der Waals surface area contributed by atoms with Crippen molar-refractivity contribution in [1.29, 1.82) is 0 Å². The Morgan fingerprint density at radius 3 is 2.69 bits per heavy atom. The summed E-state index contributed by atoms with van der Waals surface area (Å²) in [5.74, 6) is -0.0144. The number of alkyl halides is 2. The number of nitrogens with zero attached hydrogens (tertiary/aromatic N) is 1. The number of hydrogen-bond acceptors (Lipinski definition) is 3. The molecule has 0 unspecified atom stereocenters. The number of halogens is 3. The molecule has 1 rings (SSSR count). The predicted octanol–water partition coefficient (Wildman–Crippen LogP) is 2.26. The molecule has 0 aromatic carbocycles. The number of hydrogen-bond donors (Lipinski definition) is 1. The molecule has 13 heavy (non-hydrogen) atoms. The van der Waals surface area contributed by atoms with Gasteiger partial charge in [0.25, 0.3) is 6.43 Å². The highest BCUT2D eigenvalue weighted by molar-refractivity contribution is 6.31. The number of pyridine rings is 1. The van der Waals surface area contributed by atoms with Gasteiger partial charge in [-0.2, -0.15) is 0 Å². The van der Waals surface area contributed by atoms with Crippen molar-refractivity contribution in [2.24, 2.45) is 0 Å². The molecule has 3 nitrogen and oxygen atoms in total. The summed E-state index contributed by atoms with van der Waals surface area (Å²) in [6, 6.07) is 0. The third-order valence-corrected chi connectivity index (χ3v) is 1.77. The Hall–Kier alpha value is -1.10. The molecule has 0 aliphatic rings. The number of rotatable bonds is 2. The van der Waals surface area contributed by atoms with Gasteiger partial charge >= 0.3 is 0 Å². The van der Waals surface area contributed by atoms with E-state index in [4.69, 9.17) is 22.1 Å². The molecular weight excluding hydrogens is 202 g/mol.